The standard InChI is InChI=1S/C18H28IN/c1-17-10-8-14-12(13(17)5-6-15(17)19)4-7-16-18(14,2)9-3-11-20-16/h3,9,12-16,20H,4-8,10-11H2,1-2H3/t12-,13-,14+,15?,16?,17-,18+/m0/s1. The summed E-state index contributed by atoms with van der Waals surface area (Å²) in [6, 6.07) is 0.745. The first-order valence-corrected chi connectivity index (χ1v) is 9.85. The van der Waals surface area contributed by atoms with Crippen LogP contribution in [0.2, 0.25) is 0 Å². The molecular weight excluding hydrogens is 357 g/mol. The molecule has 0 spiro atoms. The number of halogens is 1. The van der Waals surface area contributed by atoms with Gasteiger partial charge >= 0.3 is 0 Å². The van der Waals surface area contributed by atoms with Crippen LogP contribution < -0.4 is 5.32 Å². The predicted octanol–water partition coefficient (Wildman–Crippen LogP) is 4.56. The van der Waals surface area contributed by atoms with E-state index in [9.17, 15) is 0 Å². The molecule has 3 fully saturated rings. The molecule has 1 N–H and O–H groups in total. The molecule has 0 saturated heterocycles. The normalized spacial score (nSPS) is 57.9. The molecule has 2 heteroatoms. The molecule has 0 radical (unpaired) electrons. The van der Waals surface area contributed by atoms with Crippen molar-refractivity contribution >= 4 is 22.6 Å². The van der Waals surface area contributed by atoms with Crippen LogP contribution in [0.5, 0.6) is 0 Å². The van der Waals surface area contributed by atoms with E-state index in [1.807, 2.05) is 0 Å². The molecule has 4 rings (SSSR count). The second-order valence-electron chi connectivity index (χ2n) is 8.27. The molecular formula is C18H28IN. The maximum Gasteiger partial charge on any atom is 0.0166 e. The summed E-state index contributed by atoms with van der Waals surface area (Å²) in [6.07, 6.45) is 13.8. The summed E-state index contributed by atoms with van der Waals surface area (Å²) in [6.45, 7) is 6.26. The van der Waals surface area contributed by atoms with Crippen molar-refractivity contribution in [2.45, 2.75) is 62.3 Å². The van der Waals surface area contributed by atoms with Gasteiger partial charge in [-0.25, -0.2) is 0 Å². The summed E-state index contributed by atoms with van der Waals surface area (Å²) in [5, 5.41) is 3.78. The first kappa shape index (κ1) is 14.0. The third-order valence-corrected chi connectivity index (χ3v) is 9.66. The Morgan fingerprint density at radius 1 is 1.05 bits per heavy atom. The van der Waals surface area contributed by atoms with E-state index in [1.54, 1.807) is 0 Å². The molecule has 0 aromatic carbocycles. The van der Waals surface area contributed by atoms with E-state index in [0.717, 1.165) is 34.3 Å². The Morgan fingerprint density at radius 3 is 2.75 bits per heavy atom. The van der Waals surface area contributed by atoms with Crippen molar-refractivity contribution in [3.05, 3.63) is 12.2 Å². The van der Waals surface area contributed by atoms with Gasteiger partial charge in [0.2, 0.25) is 0 Å². The molecule has 1 heterocycles. The third kappa shape index (κ3) is 1.76. The van der Waals surface area contributed by atoms with Crippen LogP contribution in [0.25, 0.3) is 0 Å². The maximum absolute atomic E-state index is 3.78. The second-order valence-corrected chi connectivity index (χ2v) is 9.78. The summed E-state index contributed by atoms with van der Waals surface area (Å²) < 4.78 is 0.927. The molecule has 0 aromatic heterocycles. The van der Waals surface area contributed by atoms with Crippen molar-refractivity contribution in [2.75, 3.05) is 6.54 Å². The van der Waals surface area contributed by atoms with Crippen molar-refractivity contribution in [1.82, 2.24) is 5.32 Å². The summed E-state index contributed by atoms with van der Waals surface area (Å²) in [5.41, 5.74) is 1.09. The zero-order valence-electron chi connectivity index (χ0n) is 12.9. The highest BCUT2D eigenvalue weighted by atomic mass is 127. The fraction of sp³-hybridized carbons (Fsp3) is 0.889. The van der Waals surface area contributed by atoms with Crippen LogP contribution in [0.1, 0.15) is 52.4 Å². The predicted molar refractivity (Wildman–Crippen MR) is 93.1 cm³/mol. The Balaban J connectivity index is 1.68. The molecule has 4 aliphatic rings. The van der Waals surface area contributed by atoms with Crippen molar-refractivity contribution in [1.29, 1.82) is 0 Å². The van der Waals surface area contributed by atoms with Gasteiger partial charge < -0.3 is 5.32 Å². The summed E-state index contributed by atoms with van der Waals surface area (Å²) >= 11 is 2.76. The highest BCUT2D eigenvalue weighted by Crippen LogP contribution is 2.64. The lowest BCUT2D eigenvalue weighted by molar-refractivity contribution is -0.0505. The summed E-state index contributed by atoms with van der Waals surface area (Å²) in [7, 11) is 0. The molecule has 3 aliphatic carbocycles. The van der Waals surface area contributed by atoms with Gasteiger partial charge in [0.25, 0.3) is 0 Å². The van der Waals surface area contributed by atoms with Crippen molar-refractivity contribution in [3.8, 4) is 0 Å². The SMILES string of the molecule is C[C@]12C=CCNC1CC[C@@H]1[C@H]2CC[C@]2(C)C(I)CC[C@@H]12. The summed E-state index contributed by atoms with van der Waals surface area (Å²) in [4.78, 5) is 0. The van der Waals surface area contributed by atoms with E-state index < -0.39 is 0 Å². The molecule has 7 atom stereocenters. The lowest BCUT2D eigenvalue weighted by atomic mass is 9.49. The van der Waals surface area contributed by atoms with E-state index in [0.29, 0.717) is 10.8 Å². The topological polar surface area (TPSA) is 12.0 Å². The minimum absolute atomic E-state index is 0.436. The number of nitrogens with one attached hydrogen (secondary N) is 1. The molecule has 0 aromatic rings. The minimum atomic E-state index is 0.436. The van der Waals surface area contributed by atoms with Crippen molar-refractivity contribution < 1.29 is 0 Å². The zero-order valence-corrected chi connectivity index (χ0v) is 15.0. The average molecular weight is 385 g/mol. The van der Waals surface area contributed by atoms with Crippen LogP contribution in [0.4, 0.5) is 0 Å². The highest BCUT2D eigenvalue weighted by molar-refractivity contribution is 14.1. The van der Waals surface area contributed by atoms with Crippen LogP contribution in [0, 0.1) is 28.6 Å². The lowest BCUT2D eigenvalue weighted by Crippen LogP contribution is -2.58. The highest BCUT2D eigenvalue weighted by Gasteiger charge is 2.58. The smallest absolute Gasteiger partial charge is 0.0166 e. The number of hydrogen-bond acceptors (Lipinski definition) is 1. The van der Waals surface area contributed by atoms with Gasteiger partial charge in [0.05, 0.1) is 0 Å². The molecule has 0 bridgehead atoms. The van der Waals surface area contributed by atoms with E-state index in [1.165, 1.54) is 38.5 Å². The maximum atomic E-state index is 3.78. The first-order chi connectivity index (χ1) is 9.56. The molecule has 112 valence electrons. The molecule has 1 nitrogen and oxygen atoms in total. The Labute approximate surface area is 137 Å². The van der Waals surface area contributed by atoms with Gasteiger partial charge in [0, 0.05) is 21.9 Å². The van der Waals surface area contributed by atoms with E-state index in [2.05, 4.69) is 53.9 Å². The van der Waals surface area contributed by atoms with Crippen molar-refractivity contribution in [3.63, 3.8) is 0 Å². The fourth-order valence-corrected chi connectivity index (χ4v) is 7.54. The first-order valence-electron chi connectivity index (χ1n) is 8.61. The van der Waals surface area contributed by atoms with Gasteiger partial charge in [-0.1, -0.05) is 48.6 Å². The van der Waals surface area contributed by atoms with Gasteiger partial charge in [-0.15, -0.1) is 0 Å². The quantitative estimate of drug-likeness (QED) is 0.366. The van der Waals surface area contributed by atoms with Gasteiger partial charge in [0.1, 0.15) is 0 Å². The molecule has 20 heavy (non-hydrogen) atoms. The van der Waals surface area contributed by atoms with Crippen LogP contribution in [0.15, 0.2) is 12.2 Å². The molecule has 0 amide bonds. The van der Waals surface area contributed by atoms with Crippen LogP contribution in [0.3, 0.4) is 0 Å². The lowest BCUT2D eigenvalue weighted by Gasteiger charge is -2.58. The van der Waals surface area contributed by atoms with E-state index in [4.69, 9.17) is 0 Å². The third-order valence-electron chi connectivity index (χ3n) is 7.62. The van der Waals surface area contributed by atoms with Crippen LogP contribution in [-0.2, 0) is 0 Å². The zero-order chi connectivity index (χ0) is 14.0. The van der Waals surface area contributed by atoms with Crippen LogP contribution in [-0.4, -0.2) is 16.5 Å². The molecule has 3 saturated carbocycles. The van der Waals surface area contributed by atoms with Crippen LogP contribution >= 0.6 is 22.6 Å². The van der Waals surface area contributed by atoms with Gasteiger partial charge in [-0.3, -0.25) is 0 Å². The number of rotatable bonds is 0. The summed E-state index contributed by atoms with van der Waals surface area (Å²) in [5.74, 6) is 2.95. The average Bonchev–Trinajstić information content (AvgIpc) is 2.74. The fourth-order valence-electron chi connectivity index (χ4n) is 6.41. The van der Waals surface area contributed by atoms with Crippen molar-refractivity contribution in [2.24, 2.45) is 28.6 Å². The van der Waals surface area contributed by atoms with Gasteiger partial charge in [-0.2, -0.15) is 0 Å². The van der Waals surface area contributed by atoms with Gasteiger partial charge in [0.15, 0.2) is 0 Å². The monoisotopic (exact) mass is 385 g/mol. The molecule has 2 unspecified atom stereocenters. The Kier molecular flexibility index (Phi) is 3.31. The van der Waals surface area contributed by atoms with E-state index >= 15 is 0 Å². The number of hydrogen-bond donors (Lipinski definition) is 1. The Morgan fingerprint density at radius 2 is 1.90 bits per heavy atom. The Hall–Kier alpha value is 0.430. The molecule has 1 aliphatic heterocycles. The number of alkyl halides is 1. The minimum Gasteiger partial charge on any atom is -0.310 e. The Bertz CT molecular complexity index is 433. The largest absolute Gasteiger partial charge is 0.310 e. The second kappa shape index (κ2) is 4.71. The van der Waals surface area contributed by atoms with Gasteiger partial charge in [-0.05, 0) is 61.7 Å². The number of fused-ring (bicyclic) bond motifs is 5. The van der Waals surface area contributed by atoms with E-state index in [-0.39, 0.29) is 0 Å².